The van der Waals surface area contributed by atoms with Crippen LogP contribution in [-0.2, 0) is 16.0 Å². The second-order valence-electron chi connectivity index (χ2n) is 9.02. The van der Waals surface area contributed by atoms with Crippen LogP contribution >= 0.6 is 15.9 Å². The molecule has 2 saturated carbocycles. The predicted molar refractivity (Wildman–Crippen MR) is 123 cm³/mol. The number of anilines is 1. The van der Waals surface area contributed by atoms with Gasteiger partial charge in [0.1, 0.15) is 0 Å². The Balaban J connectivity index is 1.24. The number of pyridine rings is 1. The minimum Gasteiger partial charge on any atom is -0.356 e. The van der Waals surface area contributed by atoms with Gasteiger partial charge in [-0.05, 0) is 78.3 Å². The molecule has 6 heteroatoms. The quantitative estimate of drug-likeness (QED) is 0.579. The molecule has 1 aromatic carbocycles. The summed E-state index contributed by atoms with van der Waals surface area (Å²) >= 11 is 3.43. The van der Waals surface area contributed by atoms with Gasteiger partial charge < -0.3 is 10.6 Å². The number of nitrogens with zero attached hydrogens (tertiary/aromatic N) is 1. The van der Waals surface area contributed by atoms with Crippen LogP contribution in [0.25, 0.3) is 0 Å². The Kier molecular flexibility index (Phi) is 5.42. The summed E-state index contributed by atoms with van der Waals surface area (Å²) < 4.78 is 0.983. The maximum atomic E-state index is 13.3. The molecule has 0 aliphatic heterocycles. The lowest BCUT2D eigenvalue weighted by atomic mass is 9.82. The van der Waals surface area contributed by atoms with Crippen LogP contribution in [0.1, 0.15) is 24.8 Å². The number of benzene rings is 1. The van der Waals surface area contributed by atoms with Crippen LogP contribution in [0, 0.1) is 29.1 Å². The van der Waals surface area contributed by atoms with Crippen molar-refractivity contribution in [1.29, 1.82) is 0 Å². The topological polar surface area (TPSA) is 71.1 Å². The molecule has 2 N–H and O–H groups in total. The Labute approximate surface area is 190 Å². The molecular formula is C25H26BrN3O2. The maximum absolute atomic E-state index is 13.3. The lowest BCUT2D eigenvalue weighted by Crippen LogP contribution is -2.39. The van der Waals surface area contributed by atoms with Gasteiger partial charge in [-0.3, -0.25) is 14.6 Å². The Morgan fingerprint density at radius 2 is 1.87 bits per heavy atom. The van der Waals surface area contributed by atoms with E-state index in [9.17, 15) is 9.59 Å². The van der Waals surface area contributed by atoms with Gasteiger partial charge in [0.2, 0.25) is 11.8 Å². The van der Waals surface area contributed by atoms with Crippen LogP contribution in [0.5, 0.6) is 0 Å². The van der Waals surface area contributed by atoms with Crippen molar-refractivity contribution in [2.24, 2.45) is 29.1 Å². The zero-order valence-electron chi connectivity index (χ0n) is 17.3. The Hall–Kier alpha value is -2.47. The largest absolute Gasteiger partial charge is 0.356 e. The Morgan fingerprint density at radius 1 is 1.10 bits per heavy atom. The second-order valence-corrected chi connectivity index (χ2v) is 9.94. The lowest BCUT2D eigenvalue weighted by Gasteiger charge is -2.27. The van der Waals surface area contributed by atoms with Crippen molar-refractivity contribution >= 4 is 33.4 Å². The standard InChI is InChI=1S/C25H26BrN3O2/c26-17-4-6-18(7-5-17)29-24(31)23-19(20-8-9-21(23)25(20)11-12-25)15-28-22(30)10-3-16-2-1-13-27-14-16/h1-2,4-9,13-14,19-21,23H,3,10-12,15H2,(H,28,30)(H,29,31)/t19-,20-,21+,23?/m1/s1. The molecule has 5 rings (SSSR count). The number of halogens is 1. The first-order chi connectivity index (χ1) is 15.1. The molecule has 4 atom stereocenters. The fourth-order valence-corrected chi connectivity index (χ4v) is 5.95. The van der Waals surface area contributed by atoms with E-state index in [2.05, 4.69) is 43.7 Å². The van der Waals surface area contributed by atoms with Gasteiger partial charge in [-0.15, -0.1) is 0 Å². The van der Waals surface area contributed by atoms with Gasteiger partial charge in [-0.25, -0.2) is 0 Å². The molecule has 1 aromatic heterocycles. The number of aromatic nitrogens is 1. The highest BCUT2D eigenvalue weighted by atomic mass is 79.9. The van der Waals surface area contributed by atoms with Crippen molar-refractivity contribution in [2.45, 2.75) is 25.7 Å². The fraction of sp³-hybridized carbons (Fsp3) is 0.400. The number of carbonyl (C=O) groups excluding carboxylic acids is 2. The molecule has 2 amide bonds. The van der Waals surface area contributed by atoms with E-state index in [0.29, 0.717) is 25.3 Å². The SMILES string of the molecule is O=C(CCc1cccnc1)NC[C@H]1C(C(=O)Nc2ccc(Br)cc2)[C@@H]2C=C[C@H]1C21CC1. The lowest BCUT2D eigenvalue weighted by molar-refractivity contribution is -0.124. The minimum absolute atomic E-state index is 0.0347. The summed E-state index contributed by atoms with van der Waals surface area (Å²) in [6, 6.07) is 11.6. The average Bonchev–Trinajstić information content (AvgIpc) is 3.45. The summed E-state index contributed by atoms with van der Waals surface area (Å²) in [6.45, 7) is 0.553. The molecule has 2 bridgehead atoms. The van der Waals surface area contributed by atoms with Gasteiger partial charge in [-0.2, -0.15) is 0 Å². The molecule has 2 aromatic rings. The number of hydrogen-bond acceptors (Lipinski definition) is 3. The fourth-order valence-electron chi connectivity index (χ4n) is 5.69. The van der Waals surface area contributed by atoms with Crippen molar-refractivity contribution in [3.63, 3.8) is 0 Å². The maximum Gasteiger partial charge on any atom is 0.228 e. The molecule has 31 heavy (non-hydrogen) atoms. The average molecular weight is 480 g/mol. The zero-order valence-corrected chi connectivity index (χ0v) is 18.8. The van der Waals surface area contributed by atoms with Gasteiger partial charge in [0, 0.05) is 35.5 Å². The van der Waals surface area contributed by atoms with Gasteiger partial charge in [0.15, 0.2) is 0 Å². The number of carbonyl (C=O) groups is 2. The number of hydrogen-bond donors (Lipinski definition) is 2. The molecule has 1 heterocycles. The van der Waals surface area contributed by atoms with Crippen molar-refractivity contribution in [1.82, 2.24) is 10.3 Å². The first-order valence-corrected chi connectivity index (χ1v) is 11.8. The number of aryl methyl sites for hydroxylation is 1. The van der Waals surface area contributed by atoms with Crippen molar-refractivity contribution in [2.75, 3.05) is 11.9 Å². The van der Waals surface area contributed by atoms with E-state index in [1.54, 1.807) is 12.4 Å². The van der Waals surface area contributed by atoms with Crippen LogP contribution in [0.4, 0.5) is 5.69 Å². The zero-order chi connectivity index (χ0) is 21.4. The monoisotopic (exact) mass is 479 g/mol. The minimum atomic E-state index is -0.0974. The van der Waals surface area contributed by atoms with Crippen molar-refractivity contribution in [3.8, 4) is 0 Å². The molecule has 0 radical (unpaired) electrons. The van der Waals surface area contributed by atoms with E-state index in [1.165, 1.54) is 12.8 Å². The molecule has 160 valence electrons. The summed E-state index contributed by atoms with van der Waals surface area (Å²) in [4.78, 5) is 29.9. The summed E-state index contributed by atoms with van der Waals surface area (Å²) in [5.41, 5.74) is 2.13. The van der Waals surface area contributed by atoms with E-state index < -0.39 is 0 Å². The van der Waals surface area contributed by atoms with Gasteiger partial charge >= 0.3 is 0 Å². The first-order valence-electron chi connectivity index (χ1n) is 11.0. The highest BCUT2D eigenvalue weighted by Gasteiger charge is 2.68. The van der Waals surface area contributed by atoms with E-state index >= 15 is 0 Å². The molecule has 0 saturated heterocycles. The smallest absolute Gasteiger partial charge is 0.228 e. The third kappa shape index (κ3) is 3.93. The summed E-state index contributed by atoms with van der Waals surface area (Å²) in [5, 5.41) is 6.23. The molecule has 2 fully saturated rings. The normalized spacial score (nSPS) is 26.7. The van der Waals surface area contributed by atoms with Gasteiger partial charge in [0.25, 0.3) is 0 Å². The van der Waals surface area contributed by atoms with Crippen LogP contribution in [-0.4, -0.2) is 23.3 Å². The number of amides is 2. The number of allylic oxidation sites excluding steroid dienone is 2. The highest BCUT2D eigenvalue weighted by Crippen LogP contribution is 2.71. The van der Waals surface area contributed by atoms with Crippen LogP contribution in [0.2, 0.25) is 0 Å². The van der Waals surface area contributed by atoms with Gasteiger partial charge in [0.05, 0.1) is 5.92 Å². The first kappa shape index (κ1) is 20.4. The van der Waals surface area contributed by atoms with Crippen molar-refractivity contribution < 1.29 is 9.59 Å². The summed E-state index contributed by atoms with van der Waals surface area (Å²) in [7, 11) is 0. The molecule has 1 unspecified atom stereocenters. The van der Waals surface area contributed by atoms with Gasteiger partial charge in [-0.1, -0.05) is 34.1 Å². The summed E-state index contributed by atoms with van der Waals surface area (Å²) in [5.74, 6) is 0.824. The third-order valence-corrected chi connectivity index (χ3v) is 7.83. The number of nitrogens with one attached hydrogen (secondary N) is 2. The van der Waals surface area contributed by atoms with E-state index in [-0.39, 0.29) is 35.0 Å². The Morgan fingerprint density at radius 3 is 2.58 bits per heavy atom. The molecule has 3 aliphatic carbocycles. The Bertz CT molecular complexity index is 1000. The van der Waals surface area contributed by atoms with Crippen LogP contribution in [0.15, 0.2) is 65.4 Å². The molecule has 1 spiro atoms. The van der Waals surface area contributed by atoms with E-state index in [0.717, 1.165) is 15.7 Å². The predicted octanol–water partition coefficient (Wildman–Crippen LogP) is 4.36. The van der Waals surface area contributed by atoms with Crippen molar-refractivity contribution in [3.05, 3.63) is 71.0 Å². The number of rotatable bonds is 7. The van der Waals surface area contributed by atoms with Crippen LogP contribution < -0.4 is 10.6 Å². The third-order valence-electron chi connectivity index (χ3n) is 7.30. The van der Waals surface area contributed by atoms with E-state index in [1.807, 2.05) is 36.4 Å². The molecule has 3 aliphatic rings. The summed E-state index contributed by atoms with van der Waals surface area (Å²) in [6.07, 6.45) is 11.6. The second kappa shape index (κ2) is 8.23. The molecule has 5 nitrogen and oxygen atoms in total. The van der Waals surface area contributed by atoms with Crippen LogP contribution in [0.3, 0.4) is 0 Å². The van der Waals surface area contributed by atoms with E-state index in [4.69, 9.17) is 0 Å². The molecular weight excluding hydrogens is 454 g/mol. The highest BCUT2D eigenvalue weighted by molar-refractivity contribution is 9.10.